The number of esters is 1. The Bertz CT molecular complexity index is 1690. The van der Waals surface area contributed by atoms with Crippen molar-refractivity contribution in [2.75, 3.05) is 27.4 Å². The largest absolute Gasteiger partial charge is 0.496 e. The number of rotatable bonds is 11. The number of hydrogen-bond acceptors (Lipinski definition) is 8. The first kappa shape index (κ1) is 30.8. The molecule has 1 aliphatic heterocycles. The number of carbonyl (C=O) groups excluding carboxylic acids is 1. The molecule has 2 aromatic carbocycles. The molecular formula is C30H30Br2N2O6S. The lowest BCUT2D eigenvalue weighted by atomic mass is 9.93. The Morgan fingerprint density at radius 2 is 1.90 bits per heavy atom. The van der Waals surface area contributed by atoms with Gasteiger partial charge < -0.3 is 18.9 Å². The maximum Gasteiger partial charge on any atom is 0.338 e. The number of fused-ring (bicyclic) bond motifs is 1. The van der Waals surface area contributed by atoms with E-state index in [2.05, 4.69) is 38.4 Å². The first-order valence-corrected chi connectivity index (χ1v) is 15.3. The SMILES string of the molecule is C=CCOc1c(Br)cc(/C=c2/sc3n(c2=O)[C@@H](c2cc(Br)ccc2OC)C(C(=O)OCC)=C(CCC)N=3)cc1OC. The van der Waals surface area contributed by atoms with Gasteiger partial charge in [0, 0.05) is 10.0 Å². The van der Waals surface area contributed by atoms with Gasteiger partial charge in [-0.05, 0) is 71.2 Å². The van der Waals surface area contributed by atoms with Crippen molar-refractivity contribution in [2.45, 2.75) is 32.7 Å². The quantitative estimate of drug-likeness (QED) is 0.188. The molecule has 0 amide bonds. The number of nitrogens with zero attached hydrogens (tertiary/aromatic N) is 2. The zero-order chi connectivity index (χ0) is 29.7. The van der Waals surface area contributed by atoms with Crippen LogP contribution in [0.5, 0.6) is 17.2 Å². The molecule has 0 bridgehead atoms. The number of hydrogen-bond donors (Lipinski definition) is 0. The first-order valence-electron chi connectivity index (χ1n) is 12.9. The Kier molecular flexibility index (Phi) is 10.3. The zero-order valence-corrected chi connectivity index (χ0v) is 27.2. The number of thiazole rings is 1. The fourth-order valence-corrected chi connectivity index (χ4v) is 6.56. The minimum atomic E-state index is -0.794. The molecule has 0 N–H and O–H groups in total. The summed E-state index contributed by atoms with van der Waals surface area (Å²) >= 11 is 8.35. The van der Waals surface area contributed by atoms with E-state index in [4.69, 9.17) is 23.9 Å². The Labute approximate surface area is 258 Å². The van der Waals surface area contributed by atoms with Gasteiger partial charge in [0.05, 0.1) is 41.1 Å². The lowest BCUT2D eigenvalue weighted by Gasteiger charge is -2.27. The maximum atomic E-state index is 14.1. The van der Waals surface area contributed by atoms with E-state index in [0.717, 1.165) is 16.5 Å². The molecule has 0 spiro atoms. The molecule has 1 aliphatic rings. The molecule has 0 saturated carbocycles. The lowest BCUT2D eigenvalue weighted by molar-refractivity contribution is -0.139. The third kappa shape index (κ3) is 6.37. The van der Waals surface area contributed by atoms with Gasteiger partial charge in [0.2, 0.25) is 0 Å². The van der Waals surface area contributed by atoms with Crippen molar-refractivity contribution in [2.24, 2.45) is 4.99 Å². The molecule has 0 saturated heterocycles. The Morgan fingerprint density at radius 1 is 1.15 bits per heavy atom. The van der Waals surface area contributed by atoms with Crippen molar-refractivity contribution in [1.82, 2.24) is 4.57 Å². The summed E-state index contributed by atoms with van der Waals surface area (Å²) in [6.07, 6.45) is 4.72. The van der Waals surface area contributed by atoms with Gasteiger partial charge in [-0.25, -0.2) is 9.79 Å². The van der Waals surface area contributed by atoms with E-state index in [9.17, 15) is 9.59 Å². The van der Waals surface area contributed by atoms with E-state index in [-0.39, 0.29) is 12.2 Å². The van der Waals surface area contributed by atoms with E-state index < -0.39 is 12.0 Å². The summed E-state index contributed by atoms with van der Waals surface area (Å²) in [6, 6.07) is 8.36. The van der Waals surface area contributed by atoms with Crippen molar-refractivity contribution in [3.05, 3.63) is 94.0 Å². The van der Waals surface area contributed by atoms with Crippen LogP contribution < -0.4 is 29.1 Å². The fourth-order valence-electron chi connectivity index (χ4n) is 4.59. The van der Waals surface area contributed by atoms with Crippen molar-refractivity contribution >= 4 is 55.2 Å². The minimum absolute atomic E-state index is 0.192. The van der Waals surface area contributed by atoms with Crippen molar-refractivity contribution < 1.29 is 23.7 Å². The van der Waals surface area contributed by atoms with Crippen LogP contribution in [0, 0.1) is 0 Å². The van der Waals surface area contributed by atoms with Crippen LogP contribution in [0.15, 0.2) is 73.0 Å². The van der Waals surface area contributed by atoms with Crippen LogP contribution in [0.25, 0.3) is 6.08 Å². The fraction of sp³-hybridized carbons (Fsp3) is 0.300. The smallest absolute Gasteiger partial charge is 0.338 e. The molecule has 1 atom stereocenters. The van der Waals surface area contributed by atoms with Crippen LogP contribution in [0.3, 0.4) is 0 Å². The maximum absolute atomic E-state index is 14.1. The molecule has 1 aromatic heterocycles. The lowest BCUT2D eigenvalue weighted by Crippen LogP contribution is -2.40. The molecule has 41 heavy (non-hydrogen) atoms. The highest BCUT2D eigenvalue weighted by Crippen LogP contribution is 2.39. The van der Waals surface area contributed by atoms with E-state index in [0.29, 0.717) is 60.9 Å². The molecule has 216 valence electrons. The van der Waals surface area contributed by atoms with Crippen LogP contribution in [-0.2, 0) is 9.53 Å². The minimum Gasteiger partial charge on any atom is -0.496 e. The van der Waals surface area contributed by atoms with E-state index in [1.54, 1.807) is 50.0 Å². The highest BCUT2D eigenvalue weighted by Gasteiger charge is 2.36. The van der Waals surface area contributed by atoms with Crippen LogP contribution in [0.4, 0.5) is 0 Å². The van der Waals surface area contributed by atoms with E-state index in [1.165, 1.54) is 11.3 Å². The molecule has 0 aliphatic carbocycles. The molecule has 11 heteroatoms. The van der Waals surface area contributed by atoms with Gasteiger partial charge in [0.1, 0.15) is 18.4 Å². The van der Waals surface area contributed by atoms with Gasteiger partial charge in [-0.3, -0.25) is 9.36 Å². The number of ether oxygens (including phenoxy) is 4. The van der Waals surface area contributed by atoms with Gasteiger partial charge >= 0.3 is 5.97 Å². The molecule has 8 nitrogen and oxygen atoms in total. The molecular weight excluding hydrogens is 676 g/mol. The van der Waals surface area contributed by atoms with E-state index in [1.807, 2.05) is 25.1 Å². The third-order valence-electron chi connectivity index (χ3n) is 6.27. The summed E-state index contributed by atoms with van der Waals surface area (Å²) in [4.78, 5) is 32.8. The molecule has 0 radical (unpaired) electrons. The topological polar surface area (TPSA) is 88.4 Å². The van der Waals surface area contributed by atoms with Crippen molar-refractivity contribution in [3.8, 4) is 17.2 Å². The summed E-state index contributed by atoms with van der Waals surface area (Å²) < 4.78 is 25.9. The number of carbonyl (C=O) groups is 1. The standard InChI is InChI=1S/C30H30Br2N2O6S/c1-6-9-21-25(29(36)39-8-3)26(19-16-18(31)10-11-22(19)37-4)34-28(35)24(41-30(34)33-21)15-17-13-20(32)27(40-12-7-2)23(14-17)38-5/h7,10-11,13-16,26H,2,6,8-9,12H2,1,3-5H3/b24-15+/t26-/m0/s1. The zero-order valence-electron chi connectivity index (χ0n) is 23.2. The van der Waals surface area contributed by atoms with Gasteiger partial charge in [-0.15, -0.1) is 0 Å². The van der Waals surface area contributed by atoms with Crippen LogP contribution in [0.1, 0.15) is 43.9 Å². The van der Waals surface area contributed by atoms with Gasteiger partial charge in [-0.1, -0.05) is 53.3 Å². The number of benzene rings is 2. The van der Waals surface area contributed by atoms with Crippen LogP contribution >= 0.6 is 43.2 Å². The number of allylic oxidation sites excluding steroid dienone is 1. The summed E-state index contributed by atoms with van der Waals surface area (Å²) in [5.41, 5.74) is 2.01. The van der Waals surface area contributed by atoms with Crippen molar-refractivity contribution in [1.29, 1.82) is 0 Å². The monoisotopic (exact) mass is 704 g/mol. The predicted octanol–water partition coefficient (Wildman–Crippen LogP) is 5.69. The second-order valence-electron chi connectivity index (χ2n) is 8.93. The number of aromatic nitrogens is 1. The molecule has 0 fully saturated rings. The predicted molar refractivity (Wildman–Crippen MR) is 167 cm³/mol. The number of methoxy groups -OCH3 is 2. The molecule has 3 aromatic rings. The summed E-state index contributed by atoms with van der Waals surface area (Å²) in [6.45, 7) is 7.96. The second-order valence-corrected chi connectivity index (χ2v) is 11.7. The first-order chi connectivity index (χ1) is 19.8. The Hall–Kier alpha value is -3.15. The molecule has 2 heterocycles. The molecule has 4 rings (SSSR count). The Balaban J connectivity index is 2.00. The summed E-state index contributed by atoms with van der Waals surface area (Å²) in [7, 11) is 3.11. The highest BCUT2D eigenvalue weighted by atomic mass is 79.9. The highest BCUT2D eigenvalue weighted by molar-refractivity contribution is 9.10. The van der Waals surface area contributed by atoms with Gasteiger partial charge in [-0.2, -0.15) is 0 Å². The normalized spacial score (nSPS) is 14.8. The number of halogens is 2. The van der Waals surface area contributed by atoms with Gasteiger partial charge in [0.25, 0.3) is 5.56 Å². The molecule has 0 unspecified atom stereocenters. The average Bonchev–Trinajstić information content (AvgIpc) is 3.25. The van der Waals surface area contributed by atoms with Crippen LogP contribution in [-0.4, -0.2) is 38.0 Å². The third-order valence-corrected chi connectivity index (χ3v) is 8.34. The van der Waals surface area contributed by atoms with E-state index >= 15 is 0 Å². The second kappa shape index (κ2) is 13.7. The Morgan fingerprint density at radius 3 is 2.56 bits per heavy atom. The van der Waals surface area contributed by atoms with Gasteiger partial charge in [0.15, 0.2) is 16.3 Å². The van der Waals surface area contributed by atoms with Crippen LogP contribution in [0.2, 0.25) is 0 Å². The summed E-state index contributed by atoms with van der Waals surface area (Å²) in [5.74, 6) is 1.07. The van der Waals surface area contributed by atoms with Crippen molar-refractivity contribution in [3.63, 3.8) is 0 Å². The summed E-state index contributed by atoms with van der Waals surface area (Å²) in [5, 5.41) is 0. The average molecular weight is 706 g/mol.